The third-order valence-corrected chi connectivity index (χ3v) is 2.82. The second kappa shape index (κ2) is 6.18. The molecule has 0 saturated carbocycles. The minimum Gasteiger partial charge on any atom is -0.370 e. The highest BCUT2D eigenvalue weighted by molar-refractivity contribution is 5.61. The summed E-state index contributed by atoms with van der Waals surface area (Å²) in [6.45, 7) is 5.68. The molecule has 100 valence electrons. The number of hydrogen-bond donors (Lipinski definition) is 1. The molecule has 2 rings (SSSR count). The minimum atomic E-state index is -0.228. The molecule has 0 aliphatic heterocycles. The zero-order chi connectivity index (χ0) is 13.7. The number of hydrogen-bond acceptors (Lipinski definition) is 3. The summed E-state index contributed by atoms with van der Waals surface area (Å²) in [6, 6.07) is 12.3. The molecule has 0 fully saturated rings. The first-order chi connectivity index (χ1) is 9.24. The lowest BCUT2D eigenvalue weighted by Gasteiger charge is -2.22. The van der Waals surface area contributed by atoms with Crippen molar-refractivity contribution >= 4 is 17.3 Å². The van der Waals surface area contributed by atoms with E-state index in [2.05, 4.69) is 10.3 Å². The number of anilines is 3. The zero-order valence-electron chi connectivity index (χ0n) is 11.2. The molecule has 0 bridgehead atoms. The van der Waals surface area contributed by atoms with Gasteiger partial charge in [0.15, 0.2) is 0 Å². The smallest absolute Gasteiger partial charge is 0.135 e. The summed E-state index contributed by atoms with van der Waals surface area (Å²) in [5.74, 6) is 1.47. The maximum Gasteiger partial charge on any atom is 0.135 e. The Labute approximate surface area is 113 Å². The fourth-order valence-electron chi connectivity index (χ4n) is 1.95. The summed E-state index contributed by atoms with van der Waals surface area (Å²) in [7, 11) is 0. The summed E-state index contributed by atoms with van der Waals surface area (Å²) in [4.78, 5) is 6.60. The molecule has 0 spiro atoms. The van der Waals surface area contributed by atoms with Crippen molar-refractivity contribution in [3.05, 3.63) is 48.3 Å². The third kappa shape index (κ3) is 3.22. The molecule has 0 saturated heterocycles. The quantitative estimate of drug-likeness (QED) is 0.885. The van der Waals surface area contributed by atoms with E-state index in [0.717, 1.165) is 30.4 Å². The monoisotopic (exact) mass is 259 g/mol. The molecule has 0 amide bonds. The molecule has 1 N–H and O–H groups in total. The number of nitrogens with zero attached hydrogens (tertiary/aromatic N) is 2. The molecular weight excluding hydrogens is 241 g/mol. The molecule has 1 aromatic heterocycles. The molecule has 0 atom stereocenters. The lowest BCUT2D eigenvalue weighted by atomic mass is 10.2. The van der Waals surface area contributed by atoms with Gasteiger partial charge in [-0.1, -0.05) is 6.07 Å². The average molecular weight is 259 g/mol. The Hall–Kier alpha value is -2.10. The summed E-state index contributed by atoms with van der Waals surface area (Å²) in [6.07, 6.45) is 0. The Morgan fingerprint density at radius 3 is 2.47 bits per heavy atom. The fraction of sp³-hybridized carbons (Fsp3) is 0.267. The molecule has 1 heterocycles. The summed E-state index contributed by atoms with van der Waals surface area (Å²) >= 11 is 0. The van der Waals surface area contributed by atoms with Gasteiger partial charge in [0.05, 0.1) is 0 Å². The van der Waals surface area contributed by atoms with Crippen LogP contribution in [0.4, 0.5) is 21.7 Å². The van der Waals surface area contributed by atoms with Gasteiger partial charge in [0.1, 0.15) is 17.5 Å². The van der Waals surface area contributed by atoms with E-state index in [1.54, 1.807) is 12.1 Å². The normalized spacial score (nSPS) is 10.3. The van der Waals surface area contributed by atoms with E-state index >= 15 is 0 Å². The van der Waals surface area contributed by atoms with Crippen LogP contribution in [0.5, 0.6) is 0 Å². The number of aromatic nitrogens is 1. The van der Waals surface area contributed by atoms with Crippen LogP contribution in [0.25, 0.3) is 0 Å². The lowest BCUT2D eigenvalue weighted by molar-refractivity contribution is 0.628. The van der Waals surface area contributed by atoms with Crippen LogP contribution in [0.15, 0.2) is 42.5 Å². The Bertz CT molecular complexity index is 525. The van der Waals surface area contributed by atoms with Crippen molar-refractivity contribution in [2.24, 2.45) is 0 Å². The molecule has 19 heavy (non-hydrogen) atoms. The predicted octanol–water partition coefficient (Wildman–Crippen LogP) is 3.81. The number of benzene rings is 1. The molecule has 4 heteroatoms. The largest absolute Gasteiger partial charge is 0.370 e. The van der Waals surface area contributed by atoms with E-state index in [-0.39, 0.29) is 5.82 Å². The van der Waals surface area contributed by atoms with Crippen LogP contribution < -0.4 is 10.2 Å². The molecule has 0 aliphatic carbocycles. The van der Waals surface area contributed by atoms with Crippen molar-refractivity contribution < 1.29 is 4.39 Å². The van der Waals surface area contributed by atoms with Crippen molar-refractivity contribution in [2.45, 2.75) is 13.8 Å². The Morgan fingerprint density at radius 1 is 1.11 bits per heavy atom. The van der Waals surface area contributed by atoms with Crippen LogP contribution >= 0.6 is 0 Å². The van der Waals surface area contributed by atoms with Gasteiger partial charge >= 0.3 is 0 Å². The van der Waals surface area contributed by atoms with Crippen molar-refractivity contribution in [1.29, 1.82) is 0 Å². The molecule has 0 radical (unpaired) electrons. The molecule has 2 aromatic rings. The van der Waals surface area contributed by atoms with E-state index in [1.165, 1.54) is 12.1 Å². The van der Waals surface area contributed by atoms with E-state index in [0.29, 0.717) is 0 Å². The third-order valence-electron chi connectivity index (χ3n) is 2.82. The van der Waals surface area contributed by atoms with Crippen LogP contribution in [0.1, 0.15) is 13.8 Å². The van der Waals surface area contributed by atoms with Crippen molar-refractivity contribution in [3.63, 3.8) is 0 Å². The van der Waals surface area contributed by atoms with E-state index < -0.39 is 0 Å². The van der Waals surface area contributed by atoms with Gasteiger partial charge < -0.3 is 10.2 Å². The van der Waals surface area contributed by atoms with Crippen LogP contribution in [0.2, 0.25) is 0 Å². The first kappa shape index (κ1) is 13.3. The number of rotatable bonds is 5. The number of halogens is 1. The first-order valence-corrected chi connectivity index (χ1v) is 6.48. The molecular formula is C15H18FN3. The summed E-state index contributed by atoms with van der Waals surface area (Å²) < 4.78 is 13.0. The first-order valence-electron chi connectivity index (χ1n) is 6.48. The fourth-order valence-corrected chi connectivity index (χ4v) is 1.95. The number of pyridine rings is 1. The highest BCUT2D eigenvalue weighted by Gasteiger charge is 2.09. The van der Waals surface area contributed by atoms with Gasteiger partial charge in [-0.25, -0.2) is 9.37 Å². The Morgan fingerprint density at radius 2 is 1.84 bits per heavy atom. The van der Waals surface area contributed by atoms with Crippen molar-refractivity contribution in [2.75, 3.05) is 23.3 Å². The lowest BCUT2D eigenvalue weighted by Crippen LogP contribution is -2.17. The van der Waals surface area contributed by atoms with Gasteiger partial charge in [-0.05, 0) is 50.2 Å². The molecule has 1 aromatic carbocycles. The van der Waals surface area contributed by atoms with E-state index in [4.69, 9.17) is 0 Å². The second-order valence-corrected chi connectivity index (χ2v) is 4.13. The highest BCUT2D eigenvalue weighted by atomic mass is 19.1. The Kier molecular flexibility index (Phi) is 4.34. The molecule has 3 nitrogen and oxygen atoms in total. The van der Waals surface area contributed by atoms with Gasteiger partial charge in [-0.2, -0.15) is 0 Å². The van der Waals surface area contributed by atoms with Crippen molar-refractivity contribution in [3.8, 4) is 0 Å². The predicted molar refractivity (Wildman–Crippen MR) is 77.5 cm³/mol. The second-order valence-electron chi connectivity index (χ2n) is 4.13. The maximum absolute atomic E-state index is 13.0. The van der Waals surface area contributed by atoms with Gasteiger partial charge in [0.2, 0.25) is 0 Å². The van der Waals surface area contributed by atoms with Gasteiger partial charge in [0, 0.05) is 18.8 Å². The highest BCUT2D eigenvalue weighted by Crippen LogP contribution is 2.24. The van der Waals surface area contributed by atoms with Gasteiger partial charge in [-0.15, -0.1) is 0 Å². The van der Waals surface area contributed by atoms with E-state index in [1.807, 2.05) is 36.9 Å². The zero-order valence-corrected chi connectivity index (χ0v) is 11.2. The maximum atomic E-state index is 13.0. The average Bonchev–Trinajstić information content (AvgIpc) is 2.43. The van der Waals surface area contributed by atoms with Crippen LogP contribution in [-0.4, -0.2) is 18.1 Å². The summed E-state index contributed by atoms with van der Waals surface area (Å²) in [5.41, 5.74) is 0.935. The molecule has 0 aliphatic rings. The van der Waals surface area contributed by atoms with Crippen LogP contribution in [0, 0.1) is 5.82 Å². The topological polar surface area (TPSA) is 28.2 Å². The Balaban J connectivity index is 2.30. The SMILES string of the molecule is CCNc1cccc(N(CC)c2ccc(F)cc2)n1. The van der Waals surface area contributed by atoms with Crippen molar-refractivity contribution in [1.82, 2.24) is 4.98 Å². The molecule has 0 unspecified atom stereocenters. The van der Waals surface area contributed by atoms with Gasteiger partial charge in [0.25, 0.3) is 0 Å². The van der Waals surface area contributed by atoms with E-state index in [9.17, 15) is 4.39 Å². The van der Waals surface area contributed by atoms with Crippen LogP contribution in [0.3, 0.4) is 0 Å². The summed E-state index contributed by atoms with van der Waals surface area (Å²) in [5, 5.41) is 3.19. The van der Waals surface area contributed by atoms with Crippen LogP contribution in [-0.2, 0) is 0 Å². The standard InChI is InChI=1S/C15H18FN3/c1-3-17-14-6-5-7-15(18-14)19(4-2)13-10-8-12(16)9-11-13/h5-11H,3-4H2,1-2H3,(H,17,18). The number of nitrogens with one attached hydrogen (secondary N) is 1. The van der Waals surface area contributed by atoms with Gasteiger partial charge in [-0.3, -0.25) is 0 Å². The minimum absolute atomic E-state index is 0.228.